The van der Waals surface area contributed by atoms with Crippen LogP contribution in [0.4, 0.5) is 5.69 Å². The van der Waals surface area contributed by atoms with E-state index in [1.165, 1.54) is 0 Å². The van der Waals surface area contributed by atoms with Gasteiger partial charge in [0.25, 0.3) is 0 Å². The van der Waals surface area contributed by atoms with Gasteiger partial charge >= 0.3 is 0 Å². The number of carbonyl (C=O) groups is 3. The average molecular weight is 533 g/mol. The lowest BCUT2D eigenvalue weighted by Gasteiger charge is -2.54. The van der Waals surface area contributed by atoms with E-state index < -0.39 is 45.9 Å². The molecule has 1 aliphatic heterocycles. The number of amides is 3. The van der Waals surface area contributed by atoms with Crippen molar-refractivity contribution in [3.63, 3.8) is 0 Å². The Labute approximate surface area is 225 Å². The van der Waals surface area contributed by atoms with Gasteiger partial charge in [-0.2, -0.15) is 0 Å². The molecule has 5 nitrogen and oxygen atoms in total. The zero-order valence-electron chi connectivity index (χ0n) is 20.6. The summed E-state index contributed by atoms with van der Waals surface area (Å²) < 4.78 is 0. The van der Waals surface area contributed by atoms with Crippen molar-refractivity contribution in [2.24, 2.45) is 11.8 Å². The second kappa shape index (κ2) is 8.44. The number of carbonyl (C=O) groups excluding carboxylic acids is 3. The molecule has 3 aromatic rings. The highest BCUT2D eigenvalue weighted by atomic mass is 35.5. The second-order valence-corrected chi connectivity index (χ2v) is 11.1. The molecule has 0 spiro atoms. The fourth-order valence-corrected chi connectivity index (χ4v) is 7.70. The number of imide groups is 1. The molecular weight excluding hydrogens is 507 g/mol. The van der Waals surface area contributed by atoms with Crippen LogP contribution in [0.15, 0.2) is 66.7 Å². The summed E-state index contributed by atoms with van der Waals surface area (Å²) in [7, 11) is 0. The maximum absolute atomic E-state index is 13.9. The maximum atomic E-state index is 13.9. The highest BCUT2D eigenvalue weighted by molar-refractivity contribution is 6.36. The van der Waals surface area contributed by atoms with Crippen LogP contribution in [0.1, 0.15) is 47.2 Å². The largest absolute Gasteiger partial charge is 0.324 e. The van der Waals surface area contributed by atoms with Crippen LogP contribution in [0.2, 0.25) is 0 Å². The fourth-order valence-electron chi connectivity index (χ4n) is 6.61. The third kappa shape index (κ3) is 3.07. The second-order valence-electron chi connectivity index (χ2n) is 9.94. The molecule has 37 heavy (non-hydrogen) atoms. The van der Waals surface area contributed by atoms with E-state index in [0.717, 1.165) is 56.8 Å². The number of likely N-dealkylation sites (tertiary alicyclic amines) is 1. The minimum absolute atomic E-state index is 0.390. The predicted molar refractivity (Wildman–Crippen MR) is 144 cm³/mol. The van der Waals surface area contributed by atoms with Gasteiger partial charge in [-0.15, -0.1) is 23.2 Å². The number of halogens is 2. The number of anilines is 1. The van der Waals surface area contributed by atoms with Crippen molar-refractivity contribution < 1.29 is 14.4 Å². The lowest BCUT2D eigenvalue weighted by atomic mass is 9.54. The summed E-state index contributed by atoms with van der Waals surface area (Å²) in [5.41, 5.74) is 5.71. The SMILES string of the molecule is CCc1cccc(CC)c1NC(=O)CN1C(=O)[C@H]2[C@H](C1=O)C1(Cl)c3ccccc3C2(Cl)c2ccccc21. The Kier molecular flexibility index (Phi) is 5.52. The summed E-state index contributed by atoms with van der Waals surface area (Å²) in [4.78, 5) is 39.6. The van der Waals surface area contributed by atoms with E-state index >= 15 is 0 Å². The minimum Gasteiger partial charge on any atom is -0.324 e. The van der Waals surface area contributed by atoms with E-state index in [4.69, 9.17) is 23.2 Å². The molecule has 1 saturated heterocycles. The first-order valence-electron chi connectivity index (χ1n) is 12.6. The zero-order valence-corrected chi connectivity index (χ0v) is 22.1. The van der Waals surface area contributed by atoms with Crippen molar-refractivity contribution in [2.75, 3.05) is 11.9 Å². The van der Waals surface area contributed by atoms with Gasteiger partial charge in [-0.1, -0.05) is 80.6 Å². The van der Waals surface area contributed by atoms with Gasteiger partial charge in [-0.3, -0.25) is 19.3 Å². The molecule has 0 saturated carbocycles. The first-order chi connectivity index (χ1) is 17.8. The van der Waals surface area contributed by atoms with Crippen molar-refractivity contribution >= 4 is 46.6 Å². The van der Waals surface area contributed by atoms with Gasteiger partial charge in [0.05, 0.1) is 11.8 Å². The normalized spacial score (nSPS) is 27.1. The van der Waals surface area contributed by atoms with Crippen LogP contribution in [0.25, 0.3) is 0 Å². The number of para-hydroxylation sites is 1. The molecule has 188 valence electrons. The molecule has 7 heteroatoms. The van der Waals surface area contributed by atoms with Crippen LogP contribution in [0.3, 0.4) is 0 Å². The van der Waals surface area contributed by atoms with Gasteiger partial charge in [0, 0.05) is 5.69 Å². The first kappa shape index (κ1) is 24.2. The van der Waals surface area contributed by atoms with Crippen molar-refractivity contribution in [3.05, 3.63) is 100 Å². The van der Waals surface area contributed by atoms with E-state index in [0.29, 0.717) is 0 Å². The lowest BCUT2D eigenvalue weighted by Crippen LogP contribution is -2.57. The Morgan fingerprint density at radius 1 is 0.757 bits per heavy atom. The fraction of sp³-hybridized carbons (Fsp3) is 0.300. The maximum Gasteiger partial charge on any atom is 0.244 e. The van der Waals surface area contributed by atoms with Crippen molar-refractivity contribution in [1.29, 1.82) is 0 Å². The van der Waals surface area contributed by atoms with Gasteiger partial charge in [-0.25, -0.2) is 0 Å². The van der Waals surface area contributed by atoms with Crippen LogP contribution in [-0.2, 0) is 37.0 Å². The summed E-state index contributed by atoms with van der Waals surface area (Å²) in [5, 5.41) is 2.97. The number of benzene rings is 3. The number of alkyl halides is 2. The first-order valence-corrected chi connectivity index (χ1v) is 13.4. The van der Waals surface area contributed by atoms with E-state index in [2.05, 4.69) is 5.32 Å². The molecule has 1 heterocycles. The van der Waals surface area contributed by atoms with Crippen molar-refractivity contribution in [1.82, 2.24) is 4.90 Å². The quantitative estimate of drug-likeness (QED) is 0.356. The molecule has 4 aliphatic rings. The summed E-state index contributed by atoms with van der Waals surface area (Å²) in [6.07, 6.45) is 1.49. The van der Waals surface area contributed by atoms with Gasteiger partial charge in [-0.05, 0) is 46.2 Å². The highest BCUT2D eigenvalue weighted by Gasteiger charge is 2.73. The number of rotatable bonds is 5. The Morgan fingerprint density at radius 2 is 1.16 bits per heavy atom. The number of aryl methyl sites for hydroxylation is 2. The van der Waals surface area contributed by atoms with Gasteiger partial charge in [0.1, 0.15) is 16.3 Å². The lowest BCUT2D eigenvalue weighted by molar-refractivity contribution is -0.142. The summed E-state index contributed by atoms with van der Waals surface area (Å²) in [6, 6.07) is 20.9. The van der Waals surface area contributed by atoms with E-state index in [-0.39, 0.29) is 0 Å². The van der Waals surface area contributed by atoms with Crippen LogP contribution in [0, 0.1) is 11.8 Å². The molecule has 1 fully saturated rings. The summed E-state index contributed by atoms with van der Waals surface area (Å²) >= 11 is 14.9. The Bertz CT molecular complexity index is 1340. The van der Waals surface area contributed by atoms with Gasteiger partial charge in [0.15, 0.2) is 0 Å². The standard InChI is InChI=1S/C30H26Cl2N2O3/c1-3-17-10-9-11-18(4-2)26(17)33-23(35)16-34-27(36)24-25(28(34)37)30(32)20-13-6-5-12-19(20)29(24,31)21-14-7-8-15-22(21)30/h5-15,24-25H,3-4,16H2,1-2H3,(H,33,35)/t24-,25-,29?,30?/m1/s1. The molecule has 3 aromatic carbocycles. The Morgan fingerprint density at radius 3 is 1.54 bits per heavy atom. The molecule has 2 atom stereocenters. The number of hydrogen-bond acceptors (Lipinski definition) is 3. The molecule has 7 rings (SSSR count). The molecule has 0 unspecified atom stereocenters. The number of hydrogen-bond donors (Lipinski definition) is 1. The van der Waals surface area contributed by atoms with Gasteiger partial charge < -0.3 is 5.32 Å². The molecule has 0 aromatic heterocycles. The topological polar surface area (TPSA) is 66.5 Å². The van der Waals surface area contributed by atoms with Crippen LogP contribution in [0.5, 0.6) is 0 Å². The molecule has 3 aliphatic carbocycles. The number of nitrogens with zero attached hydrogens (tertiary/aromatic N) is 1. The van der Waals surface area contributed by atoms with Crippen molar-refractivity contribution in [2.45, 2.75) is 36.4 Å². The highest BCUT2D eigenvalue weighted by Crippen LogP contribution is 2.69. The molecule has 1 N–H and O–H groups in total. The minimum atomic E-state index is -1.25. The Balaban J connectivity index is 1.40. The summed E-state index contributed by atoms with van der Waals surface area (Å²) in [5.74, 6) is -3.18. The molecule has 3 amide bonds. The average Bonchev–Trinajstić information content (AvgIpc) is 3.17. The van der Waals surface area contributed by atoms with Crippen molar-refractivity contribution in [3.8, 4) is 0 Å². The smallest absolute Gasteiger partial charge is 0.244 e. The Hall–Kier alpha value is -3.15. The van der Waals surface area contributed by atoms with E-state index in [9.17, 15) is 14.4 Å². The third-order valence-corrected chi connectivity index (χ3v) is 9.53. The molecular formula is C30H26Cl2N2O3. The van der Waals surface area contributed by atoms with Gasteiger partial charge in [0.2, 0.25) is 17.7 Å². The predicted octanol–water partition coefficient (Wildman–Crippen LogP) is 5.34. The van der Waals surface area contributed by atoms with E-state index in [1.807, 2.05) is 80.6 Å². The van der Waals surface area contributed by atoms with Crippen LogP contribution >= 0.6 is 23.2 Å². The van der Waals surface area contributed by atoms with Crippen LogP contribution in [-0.4, -0.2) is 29.2 Å². The van der Waals surface area contributed by atoms with E-state index in [1.54, 1.807) is 0 Å². The number of nitrogens with one attached hydrogen (secondary N) is 1. The third-order valence-electron chi connectivity index (χ3n) is 8.24. The monoisotopic (exact) mass is 532 g/mol. The zero-order chi connectivity index (χ0) is 26.1. The summed E-state index contributed by atoms with van der Waals surface area (Å²) in [6.45, 7) is 3.65. The molecule has 0 radical (unpaired) electrons. The molecule has 2 bridgehead atoms. The van der Waals surface area contributed by atoms with Crippen LogP contribution < -0.4 is 5.32 Å².